The number of ether oxygens (including phenoxy) is 2. The molecule has 0 radical (unpaired) electrons. The van der Waals surface area contributed by atoms with Gasteiger partial charge < -0.3 is 19.5 Å². The van der Waals surface area contributed by atoms with Crippen molar-refractivity contribution in [1.29, 1.82) is 0 Å². The van der Waals surface area contributed by atoms with Gasteiger partial charge in [0.2, 0.25) is 0 Å². The summed E-state index contributed by atoms with van der Waals surface area (Å²) in [5.41, 5.74) is 0. The van der Waals surface area contributed by atoms with Crippen LogP contribution in [0.25, 0.3) is 0 Å². The van der Waals surface area contributed by atoms with Gasteiger partial charge in [-0.2, -0.15) is 13.2 Å². The third-order valence-electron chi connectivity index (χ3n) is 3.71. The highest BCUT2D eigenvalue weighted by molar-refractivity contribution is 6.32. The smallest absolute Gasteiger partial charge is 0.407 e. The Bertz CT molecular complexity index is 833. The maximum atomic E-state index is 12.2. The molecule has 0 saturated carbocycles. The minimum absolute atomic E-state index is 0.0630. The van der Waals surface area contributed by atoms with E-state index in [9.17, 15) is 18.0 Å². The van der Waals surface area contributed by atoms with Crippen LogP contribution in [-0.2, 0) is 0 Å². The Morgan fingerprint density at radius 2 is 1.79 bits per heavy atom. The first kappa shape index (κ1) is 23.0. The Kier molecular flexibility index (Phi) is 8.28. The Labute approximate surface area is 175 Å². The van der Waals surface area contributed by atoms with Crippen LogP contribution in [0.5, 0.6) is 17.2 Å². The monoisotopic (exact) mass is 451 g/mol. The lowest BCUT2D eigenvalue weighted by molar-refractivity contribution is -0.136. The summed E-state index contributed by atoms with van der Waals surface area (Å²) in [4.78, 5) is 12.0. The molecule has 5 nitrogen and oxygen atoms in total. The zero-order chi connectivity index (χ0) is 21.4. The first-order valence-electron chi connectivity index (χ1n) is 8.54. The number of nitrogens with zero attached hydrogens (tertiary/aromatic N) is 1. The van der Waals surface area contributed by atoms with E-state index in [1.54, 1.807) is 36.4 Å². The van der Waals surface area contributed by atoms with E-state index in [0.29, 0.717) is 22.3 Å². The molecule has 10 heteroatoms. The molecule has 2 aromatic carbocycles. The molecule has 2 rings (SSSR count). The number of alkyl halides is 3. The lowest BCUT2D eigenvalue weighted by atomic mass is 10.3. The van der Waals surface area contributed by atoms with Crippen molar-refractivity contribution in [2.75, 3.05) is 19.7 Å². The van der Waals surface area contributed by atoms with Gasteiger partial charge in [0, 0.05) is 24.1 Å². The van der Waals surface area contributed by atoms with E-state index >= 15 is 0 Å². The number of hydrogen-bond acceptors (Lipinski definition) is 3. The molecule has 0 atom stereocenters. The van der Waals surface area contributed by atoms with Crippen molar-refractivity contribution in [1.82, 2.24) is 4.90 Å². The number of carboxylic acid groups (broad SMARTS) is 1. The summed E-state index contributed by atoms with van der Waals surface area (Å²) in [6.45, 7) is -0.394. The van der Waals surface area contributed by atoms with E-state index < -0.39 is 18.7 Å². The minimum Gasteiger partial charge on any atom is -0.490 e. The van der Waals surface area contributed by atoms with Crippen molar-refractivity contribution >= 4 is 29.3 Å². The standard InChI is InChI=1S/C19H18Cl2F3NO4/c20-13-3-1-4-14(11-13)29-15-5-6-17(16(21)12-15)28-10-9-25(18(26)27)8-2-7-19(22,23)24/h1,3-6,11-12H,2,7-10H2,(H,26,27). The minimum atomic E-state index is -4.32. The second-order valence-electron chi connectivity index (χ2n) is 5.99. The van der Waals surface area contributed by atoms with Crippen molar-refractivity contribution in [2.45, 2.75) is 19.0 Å². The number of hydrogen-bond donors (Lipinski definition) is 1. The first-order valence-corrected chi connectivity index (χ1v) is 9.30. The molecular formula is C19H18Cl2F3NO4. The molecule has 1 amide bonds. The Hall–Kier alpha value is -2.32. The van der Waals surface area contributed by atoms with Crippen molar-refractivity contribution in [3.63, 3.8) is 0 Å². The third-order valence-corrected chi connectivity index (χ3v) is 4.24. The quantitative estimate of drug-likeness (QED) is 0.473. The van der Waals surface area contributed by atoms with Crippen LogP contribution in [0.2, 0.25) is 10.0 Å². The summed E-state index contributed by atoms with van der Waals surface area (Å²) in [5.74, 6) is 1.27. The third kappa shape index (κ3) is 8.29. The van der Waals surface area contributed by atoms with Gasteiger partial charge in [-0.1, -0.05) is 29.3 Å². The molecular weight excluding hydrogens is 434 g/mol. The Morgan fingerprint density at radius 3 is 2.41 bits per heavy atom. The lowest BCUT2D eigenvalue weighted by Gasteiger charge is -2.20. The Morgan fingerprint density at radius 1 is 1.07 bits per heavy atom. The summed E-state index contributed by atoms with van der Waals surface area (Å²) in [6.07, 6.45) is -6.99. The number of benzene rings is 2. The molecule has 2 aromatic rings. The van der Waals surface area contributed by atoms with Crippen molar-refractivity contribution in [3.05, 3.63) is 52.5 Å². The van der Waals surface area contributed by atoms with Gasteiger partial charge in [-0.15, -0.1) is 0 Å². The number of halogens is 5. The molecule has 0 aliphatic rings. The normalized spacial score (nSPS) is 11.2. The van der Waals surface area contributed by atoms with Crippen LogP contribution < -0.4 is 9.47 Å². The lowest BCUT2D eigenvalue weighted by Crippen LogP contribution is -2.34. The summed E-state index contributed by atoms with van der Waals surface area (Å²) in [5, 5.41) is 9.85. The topological polar surface area (TPSA) is 59.0 Å². The van der Waals surface area contributed by atoms with Crippen molar-refractivity contribution in [3.8, 4) is 17.2 Å². The molecule has 0 saturated heterocycles. The fourth-order valence-electron chi connectivity index (χ4n) is 2.37. The van der Waals surface area contributed by atoms with Crippen LogP contribution in [0.15, 0.2) is 42.5 Å². The highest BCUT2D eigenvalue weighted by atomic mass is 35.5. The number of amides is 1. The van der Waals surface area contributed by atoms with Crippen LogP contribution in [-0.4, -0.2) is 42.0 Å². The summed E-state index contributed by atoms with van der Waals surface area (Å²) in [7, 11) is 0. The van der Waals surface area contributed by atoms with Crippen LogP contribution in [0, 0.1) is 0 Å². The van der Waals surface area contributed by atoms with Gasteiger partial charge in [0.25, 0.3) is 0 Å². The van der Waals surface area contributed by atoms with Crippen LogP contribution in [0.1, 0.15) is 12.8 Å². The van der Waals surface area contributed by atoms with E-state index in [2.05, 4.69) is 0 Å². The number of carbonyl (C=O) groups is 1. The molecule has 0 heterocycles. The first-order chi connectivity index (χ1) is 13.6. The summed E-state index contributed by atoms with van der Waals surface area (Å²) >= 11 is 12.1. The van der Waals surface area contributed by atoms with E-state index in [1.165, 1.54) is 6.07 Å². The van der Waals surface area contributed by atoms with Gasteiger partial charge >= 0.3 is 12.3 Å². The summed E-state index contributed by atoms with van der Waals surface area (Å²) < 4.78 is 47.7. The fraction of sp³-hybridized carbons (Fsp3) is 0.316. The average Bonchev–Trinajstić information content (AvgIpc) is 2.61. The molecule has 0 spiro atoms. The van der Waals surface area contributed by atoms with Gasteiger partial charge in [0.1, 0.15) is 23.9 Å². The van der Waals surface area contributed by atoms with E-state index in [4.69, 9.17) is 37.8 Å². The predicted molar refractivity (Wildman–Crippen MR) is 103 cm³/mol. The molecule has 0 bridgehead atoms. The molecule has 1 N–H and O–H groups in total. The van der Waals surface area contributed by atoms with Gasteiger partial charge in [-0.25, -0.2) is 4.79 Å². The van der Waals surface area contributed by atoms with Crippen LogP contribution >= 0.6 is 23.2 Å². The zero-order valence-electron chi connectivity index (χ0n) is 15.1. The van der Waals surface area contributed by atoms with Crippen molar-refractivity contribution < 1.29 is 32.5 Å². The van der Waals surface area contributed by atoms with Gasteiger partial charge in [0.05, 0.1) is 11.6 Å². The maximum absolute atomic E-state index is 12.2. The molecule has 0 aromatic heterocycles. The largest absolute Gasteiger partial charge is 0.490 e. The highest BCUT2D eigenvalue weighted by Gasteiger charge is 2.27. The summed E-state index contributed by atoms with van der Waals surface area (Å²) in [6, 6.07) is 11.5. The second-order valence-corrected chi connectivity index (χ2v) is 6.83. The van der Waals surface area contributed by atoms with Crippen LogP contribution in [0.4, 0.5) is 18.0 Å². The second kappa shape index (κ2) is 10.5. The van der Waals surface area contributed by atoms with E-state index in [-0.39, 0.29) is 31.1 Å². The maximum Gasteiger partial charge on any atom is 0.407 e. The molecule has 0 unspecified atom stereocenters. The van der Waals surface area contributed by atoms with Gasteiger partial charge in [-0.3, -0.25) is 0 Å². The molecule has 0 aliphatic carbocycles. The Balaban J connectivity index is 1.87. The number of rotatable bonds is 9. The van der Waals surface area contributed by atoms with Crippen molar-refractivity contribution in [2.24, 2.45) is 0 Å². The molecule has 0 fully saturated rings. The highest BCUT2D eigenvalue weighted by Crippen LogP contribution is 2.32. The molecule has 29 heavy (non-hydrogen) atoms. The van der Waals surface area contributed by atoms with Gasteiger partial charge in [-0.05, 0) is 36.8 Å². The van der Waals surface area contributed by atoms with Gasteiger partial charge in [0.15, 0.2) is 0 Å². The average molecular weight is 452 g/mol. The van der Waals surface area contributed by atoms with Crippen LogP contribution in [0.3, 0.4) is 0 Å². The van der Waals surface area contributed by atoms with E-state index in [0.717, 1.165) is 4.90 Å². The zero-order valence-corrected chi connectivity index (χ0v) is 16.6. The fourth-order valence-corrected chi connectivity index (χ4v) is 2.77. The SMILES string of the molecule is O=C(O)N(CCCC(F)(F)F)CCOc1ccc(Oc2cccc(Cl)c2)cc1Cl. The molecule has 0 aliphatic heterocycles. The molecule has 158 valence electrons. The predicted octanol–water partition coefficient (Wildman–Crippen LogP) is 6.49. The van der Waals surface area contributed by atoms with E-state index in [1.807, 2.05) is 0 Å².